The number of halogens is 4. The molecule has 0 heterocycles. The smallest absolute Gasteiger partial charge is 1.00 e. The number of hydrogen-bond donors (Lipinski definition) is 0. The Hall–Kier alpha value is 0.343. The SMILES string of the molecule is Brc1[c-]c2c(cc1)-c1ccc(Br)cc1C2.[C-]1=CC=CC1.[Cl-].[Cl-].[Zr+4]. The molecule has 0 amide bonds. The summed E-state index contributed by atoms with van der Waals surface area (Å²) in [6.45, 7) is 0. The molecule has 23 heavy (non-hydrogen) atoms. The summed E-state index contributed by atoms with van der Waals surface area (Å²) >= 11 is 6.96. The molecule has 2 aromatic carbocycles. The second kappa shape index (κ2) is 11.1. The minimum absolute atomic E-state index is 0. The maximum atomic E-state index is 3.50. The fraction of sp³-hybridized carbons (Fsp3) is 0.111. The van der Waals surface area contributed by atoms with Gasteiger partial charge in [0.15, 0.2) is 0 Å². The average molecular weight is 550 g/mol. The van der Waals surface area contributed by atoms with Gasteiger partial charge >= 0.3 is 26.2 Å². The summed E-state index contributed by atoms with van der Waals surface area (Å²) in [7, 11) is 0. The number of rotatable bonds is 0. The van der Waals surface area contributed by atoms with Crippen molar-refractivity contribution in [2.45, 2.75) is 12.8 Å². The Morgan fingerprint density at radius 2 is 1.70 bits per heavy atom. The quantitative estimate of drug-likeness (QED) is 0.344. The molecule has 0 bridgehead atoms. The number of allylic oxidation sites excluding steroid dienone is 4. The van der Waals surface area contributed by atoms with Crippen LogP contribution >= 0.6 is 31.9 Å². The van der Waals surface area contributed by atoms with Crippen LogP contribution in [0.1, 0.15) is 17.5 Å². The third kappa shape index (κ3) is 5.97. The molecule has 0 unspecified atom stereocenters. The maximum absolute atomic E-state index is 3.50. The summed E-state index contributed by atoms with van der Waals surface area (Å²) in [6.07, 6.45) is 11.0. The summed E-state index contributed by atoms with van der Waals surface area (Å²) in [5.41, 5.74) is 5.34. The Morgan fingerprint density at radius 3 is 2.30 bits per heavy atom. The first-order valence-corrected chi connectivity index (χ1v) is 8.04. The average Bonchev–Trinajstić information content (AvgIpc) is 3.08. The van der Waals surface area contributed by atoms with Crippen LogP contribution in [0.2, 0.25) is 0 Å². The molecule has 0 spiro atoms. The van der Waals surface area contributed by atoms with Crippen LogP contribution in [0.25, 0.3) is 11.1 Å². The number of benzene rings is 2. The van der Waals surface area contributed by atoms with Crippen molar-refractivity contribution < 1.29 is 51.0 Å². The van der Waals surface area contributed by atoms with Crippen molar-refractivity contribution in [2.75, 3.05) is 0 Å². The fourth-order valence-electron chi connectivity index (χ4n) is 2.40. The van der Waals surface area contributed by atoms with Crippen molar-refractivity contribution >= 4 is 31.9 Å². The van der Waals surface area contributed by atoms with E-state index in [2.05, 4.69) is 80.4 Å². The van der Waals surface area contributed by atoms with Crippen LogP contribution in [0.3, 0.4) is 0 Å². The first kappa shape index (κ1) is 23.3. The van der Waals surface area contributed by atoms with Gasteiger partial charge in [0.2, 0.25) is 0 Å². The zero-order chi connectivity index (χ0) is 13.9. The molecule has 0 aromatic heterocycles. The van der Waals surface area contributed by atoms with Crippen LogP contribution in [-0.2, 0) is 32.6 Å². The first-order chi connectivity index (χ1) is 9.74. The second-order valence-corrected chi connectivity index (χ2v) is 6.45. The van der Waals surface area contributed by atoms with Gasteiger partial charge in [-0.3, -0.25) is 6.08 Å². The molecule has 5 heteroatoms. The molecule has 0 N–H and O–H groups in total. The fourth-order valence-corrected chi connectivity index (χ4v) is 3.18. The van der Waals surface area contributed by atoms with Gasteiger partial charge in [0.05, 0.1) is 0 Å². The van der Waals surface area contributed by atoms with Crippen LogP contribution in [0.4, 0.5) is 0 Å². The van der Waals surface area contributed by atoms with Crippen molar-refractivity contribution in [3.63, 3.8) is 0 Å². The van der Waals surface area contributed by atoms with Gasteiger partial charge in [-0.25, -0.2) is 12.2 Å². The van der Waals surface area contributed by atoms with E-state index in [4.69, 9.17) is 0 Å². The standard InChI is InChI=1S/C13H7Br2.C5H5.2ClH.Zr/c14-10-1-3-12-8(6-10)5-9-7-11(15)2-4-13(9)12;1-2-4-5-3-1;;;/h1-4,6H,5H2;1-3H,4H2;2*1H;/q2*-1;;;+4/p-2. The zero-order valence-electron chi connectivity index (χ0n) is 12.0. The van der Waals surface area contributed by atoms with E-state index in [0.29, 0.717) is 0 Å². The van der Waals surface area contributed by atoms with E-state index < -0.39 is 0 Å². The Labute approximate surface area is 186 Å². The van der Waals surface area contributed by atoms with Crippen molar-refractivity contribution in [1.82, 2.24) is 0 Å². The van der Waals surface area contributed by atoms with Crippen LogP contribution < -0.4 is 24.8 Å². The van der Waals surface area contributed by atoms with E-state index in [1.807, 2.05) is 12.2 Å². The maximum Gasteiger partial charge on any atom is 4.00 e. The van der Waals surface area contributed by atoms with Gasteiger partial charge in [0.25, 0.3) is 0 Å². The molecule has 2 aromatic rings. The second-order valence-electron chi connectivity index (χ2n) is 4.68. The van der Waals surface area contributed by atoms with Crippen molar-refractivity contribution in [3.8, 4) is 11.1 Å². The molecule has 0 atom stereocenters. The molecular formula is C18H12Br2Cl2Zr. The first-order valence-electron chi connectivity index (χ1n) is 6.45. The molecule has 0 nitrogen and oxygen atoms in total. The van der Waals surface area contributed by atoms with Gasteiger partial charge in [-0.05, 0) is 24.1 Å². The predicted octanol–water partition coefficient (Wildman–Crippen LogP) is -0.106. The normalized spacial score (nSPS) is 11.9. The summed E-state index contributed by atoms with van der Waals surface area (Å²) < 4.78 is 2.18. The molecule has 0 radical (unpaired) electrons. The summed E-state index contributed by atoms with van der Waals surface area (Å²) in [5, 5.41) is 0. The zero-order valence-corrected chi connectivity index (χ0v) is 19.2. The molecule has 2 aliphatic carbocycles. The van der Waals surface area contributed by atoms with Gasteiger partial charge in [0, 0.05) is 4.47 Å². The Bertz CT molecular complexity index is 653. The van der Waals surface area contributed by atoms with Crippen LogP contribution in [0, 0.1) is 12.1 Å². The number of fused-ring (bicyclic) bond motifs is 3. The third-order valence-electron chi connectivity index (χ3n) is 3.30. The topological polar surface area (TPSA) is 0 Å². The van der Waals surface area contributed by atoms with Crippen LogP contribution in [-0.4, -0.2) is 0 Å². The molecule has 116 valence electrons. The van der Waals surface area contributed by atoms with Crippen LogP contribution in [0.15, 0.2) is 57.5 Å². The van der Waals surface area contributed by atoms with E-state index in [1.165, 1.54) is 22.3 Å². The van der Waals surface area contributed by atoms with Crippen molar-refractivity contribution in [2.24, 2.45) is 0 Å². The minimum atomic E-state index is 0. The Morgan fingerprint density at radius 1 is 0.957 bits per heavy atom. The van der Waals surface area contributed by atoms with Gasteiger partial charge in [-0.15, -0.1) is 17.5 Å². The van der Waals surface area contributed by atoms with E-state index in [0.717, 1.165) is 21.8 Å². The van der Waals surface area contributed by atoms with Crippen LogP contribution in [0.5, 0.6) is 0 Å². The predicted molar refractivity (Wildman–Crippen MR) is 90.5 cm³/mol. The van der Waals surface area contributed by atoms with Gasteiger partial charge < -0.3 is 24.8 Å². The monoisotopic (exact) mass is 546 g/mol. The summed E-state index contributed by atoms with van der Waals surface area (Å²) in [6, 6.07) is 14.0. The summed E-state index contributed by atoms with van der Waals surface area (Å²) in [4.78, 5) is 0. The molecule has 4 rings (SSSR count). The van der Waals surface area contributed by atoms with E-state index in [1.54, 1.807) is 0 Å². The molecule has 0 saturated heterocycles. The molecule has 0 aliphatic heterocycles. The van der Waals surface area contributed by atoms with E-state index in [-0.39, 0.29) is 51.0 Å². The molecule has 2 aliphatic rings. The molecule has 0 saturated carbocycles. The molecule has 0 fully saturated rings. The number of hydrogen-bond acceptors (Lipinski definition) is 0. The van der Waals surface area contributed by atoms with Crippen molar-refractivity contribution in [3.05, 3.63) is 80.8 Å². The van der Waals surface area contributed by atoms with Crippen molar-refractivity contribution in [1.29, 1.82) is 0 Å². The largest absolute Gasteiger partial charge is 4.00 e. The Balaban J connectivity index is 0.000000529. The third-order valence-corrected chi connectivity index (χ3v) is 4.26. The summed E-state index contributed by atoms with van der Waals surface area (Å²) in [5.74, 6) is 0. The molecular weight excluding hydrogens is 538 g/mol. The van der Waals surface area contributed by atoms with Gasteiger partial charge in [-0.1, -0.05) is 48.0 Å². The Kier molecular flexibility index (Phi) is 11.2. The minimum Gasteiger partial charge on any atom is -1.00 e. The van der Waals surface area contributed by atoms with Gasteiger partial charge in [0.1, 0.15) is 0 Å². The van der Waals surface area contributed by atoms with Gasteiger partial charge in [-0.2, -0.15) is 24.3 Å². The van der Waals surface area contributed by atoms with E-state index in [9.17, 15) is 0 Å². The van der Waals surface area contributed by atoms with E-state index >= 15 is 0 Å².